The Morgan fingerprint density at radius 2 is 2.00 bits per heavy atom. The summed E-state index contributed by atoms with van der Waals surface area (Å²) < 4.78 is 1.78. The van der Waals surface area contributed by atoms with Gasteiger partial charge in [-0.25, -0.2) is 4.98 Å². The van der Waals surface area contributed by atoms with Gasteiger partial charge in [0.25, 0.3) is 5.56 Å². The van der Waals surface area contributed by atoms with Crippen molar-refractivity contribution in [2.45, 2.75) is 26.8 Å². The van der Waals surface area contributed by atoms with E-state index in [1.807, 2.05) is 33.4 Å². The van der Waals surface area contributed by atoms with E-state index in [0.29, 0.717) is 50.9 Å². The molecule has 4 rings (SSSR count). The van der Waals surface area contributed by atoms with Crippen molar-refractivity contribution < 1.29 is 4.79 Å². The second-order valence-corrected chi connectivity index (χ2v) is 8.77. The summed E-state index contributed by atoms with van der Waals surface area (Å²) in [5.74, 6) is 0.939. The zero-order valence-electron chi connectivity index (χ0n) is 16.7. The third-order valence-electron chi connectivity index (χ3n) is 5.12. The summed E-state index contributed by atoms with van der Waals surface area (Å²) in [7, 11) is 0. The summed E-state index contributed by atoms with van der Waals surface area (Å²) in [6.07, 6.45) is 3.85. The smallest absolute Gasteiger partial charge is 0.294 e. The maximum Gasteiger partial charge on any atom is 0.294 e. The van der Waals surface area contributed by atoms with Crippen LogP contribution >= 0.6 is 11.3 Å². The predicted octanol–water partition coefficient (Wildman–Crippen LogP) is 2.40. The number of anilines is 1. The van der Waals surface area contributed by atoms with Gasteiger partial charge in [0.1, 0.15) is 0 Å². The Hall–Kier alpha value is -2.74. The summed E-state index contributed by atoms with van der Waals surface area (Å²) in [6, 6.07) is 5.80. The topological polar surface area (TPSA) is 71.3 Å². The van der Waals surface area contributed by atoms with Gasteiger partial charge < -0.3 is 14.4 Å². The molecule has 8 heteroatoms. The number of rotatable bonds is 5. The van der Waals surface area contributed by atoms with Gasteiger partial charge in [-0.05, 0) is 23.4 Å². The maximum atomic E-state index is 13.2. The van der Waals surface area contributed by atoms with Crippen LogP contribution in [0.15, 0.2) is 40.8 Å². The molecule has 1 aliphatic rings. The summed E-state index contributed by atoms with van der Waals surface area (Å²) in [5, 5.41) is 1.99. The Bertz CT molecular complexity index is 1050. The highest BCUT2D eigenvalue weighted by Crippen LogP contribution is 2.17. The molecule has 0 N–H and O–H groups in total. The van der Waals surface area contributed by atoms with Gasteiger partial charge in [-0.2, -0.15) is 0 Å². The van der Waals surface area contributed by atoms with E-state index < -0.39 is 0 Å². The molecule has 0 spiro atoms. The standard InChI is InChI=1S/C21H25N5O2S/c1-15(2)14-26-18-13-22-6-5-17(18)23-20(21(26)28)25-9-7-24(8-10-25)19(27)12-16-4-3-11-29-16/h3-6,11,13,15H,7-10,12,14H2,1-2H3. The van der Waals surface area contributed by atoms with Crippen LogP contribution in [0.5, 0.6) is 0 Å². The SMILES string of the molecule is CC(C)Cn1c(=O)c(N2CCN(C(=O)Cc3cccs3)CC2)nc2ccncc21. The van der Waals surface area contributed by atoms with E-state index in [1.54, 1.807) is 28.3 Å². The van der Waals surface area contributed by atoms with Crippen molar-refractivity contribution in [3.63, 3.8) is 0 Å². The molecule has 1 fully saturated rings. The minimum absolute atomic E-state index is 0.0856. The zero-order valence-corrected chi connectivity index (χ0v) is 17.6. The molecule has 29 heavy (non-hydrogen) atoms. The summed E-state index contributed by atoms with van der Waals surface area (Å²) in [6.45, 7) is 7.22. The van der Waals surface area contributed by atoms with E-state index in [9.17, 15) is 9.59 Å². The fourth-order valence-corrected chi connectivity index (χ4v) is 4.36. The van der Waals surface area contributed by atoms with Crippen LogP contribution in [0.3, 0.4) is 0 Å². The van der Waals surface area contributed by atoms with Crippen LogP contribution in [0.2, 0.25) is 0 Å². The van der Waals surface area contributed by atoms with E-state index in [-0.39, 0.29) is 11.5 Å². The largest absolute Gasteiger partial charge is 0.348 e. The van der Waals surface area contributed by atoms with Crippen molar-refractivity contribution in [2.75, 3.05) is 31.1 Å². The number of carbonyl (C=O) groups excluding carboxylic acids is 1. The van der Waals surface area contributed by atoms with Crippen LogP contribution in [0.4, 0.5) is 5.82 Å². The van der Waals surface area contributed by atoms with E-state index in [2.05, 4.69) is 23.8 Å². The zero-order chi connectivity index (χ0) is 20.4. The average molecular weight is 412 g/mol. The van der Waals surface area contributed by atoms with E-state index in [1.165, 1.54) is 0 Å². The van der Waals surface area contributed by atoms with Crippen LogP contribution < -0.4 is 10.5 Å². The second kappa shape index (κ2) is 8.32. The molecule has 1 aliphatic heterocycles. The minimum Gasteiger partial charge on any atom is -0.348 e. The molecule has 0 aromatic carbocycles. The number of hydrogen-bond acceptors (Lipinski definition) is 6. The Labute approximate surface area is 173 Å². The molecule has 0 saturated carbocycles. The fraction of sp³-hybridized carbons (Fsp3) is 0.429. The average Bonchev–Trinajstić information content (AvgIpc) is 3.23. The van der Waals surface area contributed by atoms with Gasteiger partial charge >= 0.3 is 0 Å². The number of nitrogens with zero attached hydrogens (tertiary/aromatic N) is 5. The molecule has 0 radical (unpaired) electrons. The first-order chi connectivity index (χ1) is 14.0. The van der Waals surface area contributed by atoms with Gasteiger partial charge in [-0.1, -0.05) is 19.9 Å². The Kier molecular flexibility index (Phi) is 5.62. The normalized spacial score (nSPS) is 14.7. The number of thiophene rings is 1. The minimum atomic E-state index is -0.0856. The van der Waals surface area contributed by atoms with Crippen LogP contribution in [0.25, 0.3) is 11.0 Å². The first-order valence-electron chi connectivity index (χ1n) is 9.92. The van der Waals surface area contributed by atoms with Crippen molar-refractivity contribution in [3.05, 3.63) is 51.2 Å². The summed E-state index contributed by atoms with van der Waals surface area (Å²) in [5.41, 5.74) is 1.45. The number of amides is 1. The molecule has 7 nitrogen and oxygen atoms in total. The first kappa shape index (κ1) is 19.6. The molecule has 0 unspecified atom stereocenters. The number of pyridine rings is 1. The monoisotopic (exact) mass is 411 g/mol. The van der Waals surface area contributed by atoms with Gasteiger partial charge in [-0.3, -0.25) is 14.6 Å². The Morgan fingerprint density at radius 3 is 2.69 bits per heavy atom. The van der Waals surface area contributed by atoms with Gasteiger partial charge in [0, 0.05) is 43.8 Å². The second-order valence-electron chi connectivity index (χ2n) is 7.73. The molecular weight excluding hydrogens is 386 g/mol. The highest BCUT2D eigenvalue weighted by Gasteiger charge is 2.25. The van der Waals surface area contributed by atoms with Crippen LogP contribution in [0, 0.1) is 5.92 Å². The molecule has 1 amide bonds. The fourth-order valence-electron chi connectivity index (χ4n) is 3.67. The highest BCUT2D eigenvalue weighted by atomic mass is 32.1. The van der Waals surface area contributed by atoms with Crippen molar-refractivity contribution in [1.82, 2.24) is 19.4 Å². The molecule has 152 valence electrons. The summed E-state index contributed by atoms with van der Waals surface area (Å²) in [4.78, 5) is 39.5. The van der Waals surface area contributed by atoms with Crippen molar-refractivity contribution in [3.8, 4) is 0 Å². The molecule has 3 aromatic rings. The lowest BCUT2D eigenvalue weighted by atomic mass is 10.2. The first-order valence-corrected chi connectivity index (χ1v) is 10.8. The maximum absolute atomic E-state index is 13.2. The molecule has 1 saturated heterocycles. The number of piperazine rings is 1. The van der Waals surface area contributed by atoms with Crippen molar-refractivity contribution >= 4 is 34.1 Å². The lowest BCUT2D eigenvalue weighted by Crippen LogP contribution is -2.51. The van der Waals surface area contributed by atoms with E-state index >= 15 is 0 Å². The Balaban J connectivity index is 1.54. The lowest BCUT2D eigenvalue weighted by molar-refractivity contribution is -0.130. The molecule has 4 heterocycles. The summed E-state index contributed by atoms with van der Waals surface area (Å²) >= 11 is 1.60. The molecule has 0 aliphatic carbocycles. The predicted molar refractivity (Wildman–Crippen MR) is 115 cm³/mol. The Morgan fingerprint density at radius 1 is 1.21 bits per heavy atom. The molecule has 0 atom stereocenters. The molecule has 3 aromatic heterocycles. The van der Waals surface area contributed by atoms with Gasteiger partial charge in [0.15, 0.2) is 5.82 Å². The number of carbonyl (C=O) groups is 1. The van der Waals surface area contributed by atoms with E-state index in [4.69, 9.17) is 0 Å². The van der Waals surface area contributed by atoms with Gasteiger partial charge in [-0.15, -0.1) is 11.3 Å². The third kappa shape index (κ3) is 4.17. The number of fused-ring (bicyclic) bond motifs is 1. The molecule has 0 bridgehead atoms. The van der Waals surface area contributed by atoms with E-state index in [0.717, 1.165) is 15.9 Å². The number of hydrogen-bond donors (Lipinski definition) is 0. The number of aromatic nitrogens is 3. The van der Waals surface area contributed by atoms with Crippen LogP contribution in [-0.4, -0.2) is 51.5 Å². The van der Waals surface area contributed by atoms with Crippen molar-refractivity contribution in [1.29, 1.82) is 0 Å². The molecular formula is C21H25N5O2S. The van der Waals surface area contributed by atoms with Gasteiger partial charge in [0.2, 0.25) is 5.91 Å². The lowest BCUT2D eigenvalue weighted by Gasteiger charge is -2.35. The van der Waals surface area contributed by atoms with Crippen LogP contribution in [0.1, 0.15) is 18.7 Å². The van der Waals surface area contributed by atoms with Crippen molar-refractivity contribution in [2.24, 2.45) is 5.92 Å². The van der Waals surface area contributed by atoms with Crippen LogP contribution in [-0.2, 0) is 17.8 Å². The quantitative estimate of drug-likeness (QED) is 0.645. The van der Waals surface area contributed by atoms with Gasteiger partial charge in [0.05, 0.1) is 23.7 Å². The third-order valence-corrected chi connectivity index (χ3v) is 5.99. The highest BCUT2D eigenvalue weighted by molar-refractivity contribution is 7.10.